The summed E-state index contributed by atoms with van der Waals surface area (Å²) in [5, 5.41) is 13.6. The predicted octanol–water partition coefficient (Wildman–Crippen LogP) is 2.96. The number of carboxylic acid groups (broad SMARTS) is 1. The lowest BCUT2D eigenvalue weighted by Crippen LogP contribution is -2.37. The second-order valence-corrected chi connectivity index (χ2v) is 6.63. The zero-order valence-electron chi connectivity index (χ0n) is 11.6. The molecule has 2 aromatic rings. The summed E-state index contributed by atoms with van der Waals surface area (Å²) < 4.78 is 5.80. The van der Waals surface area contributed by atoms with Gasteiger partial charge in [-0.05, 0) is 12.6 Å². The van der Waals surface area contributed by atoms with Crippen LogP contribution in [0.3, 0.4) is 0 Å². The van der Waals surface area contributed by atoms with E-state index in [1.807, 2.05) is 5.38 Å². The molecule has 0 saturated carbocycles. The van der Waals surface area contributed by atoms with Crippen LogP contribution in [0.25, 0.3) is 10.6 Å². The Morgan fingerprint density at radius 1 is 1.52 bits per heavy atom. The molecule has 5 nitrogen and oxygen atoms in total. The van der Waals surface area contributed by atoms with Gasteiger partial charge in [-0.3, -0.25) is 4.90 Å². The molecule has 1 fully saturated rings. The number of likely N-dealkylation sites (N-methyl/N-ethyl adjacent to an activating group) is 1. The van der Waals surface area contributed by atoms with Crippen molar-refractivity contribution in [1.29, 1.82) is 0 Å². The molecule has 1 unspecified atom stereocenters. The number of aromatic nitrogens is 1. The Bertz CT molecular complexity index is 638. The number of carboxylic acids is 1. The fraction of sp³-hybridized carbons (Fsp3) is 0.429. The largest absolute Gasteiger partial charge is 0.478 e. The quantitative estimate of drug-likeness (QED) is 0.937. The Kier molecular flexibility index (Phi) is 4.34. The van der Waals surface area contributed by atoms with E-state index in [1.165, 1.54) is 11.3 Å². The summed E-state index contributed by atoms with van der Waals surface area (Å²) >= 11 is 2.99. The van der Waals surface area contributed by atoms with Crippen LogP contribution in [0.1, 0.15) is 28.4 Å². The van der Waals surface area contributed by atoms with Gasteiger partial charge < -0.3 is 9.84 Å². The molecule has 0 bridgehead atoms. The topological polar surface area (TPSA) is 62.7 Å². The van der Waals surface area contributed by atoms with Crippen molar-refractivity contribution in [3.8, 4) is 10.6 Å². The Morgan fingerprint density at radius 2 is 2.38 bits per heavy atom. The molecule has 21 heavy (non-hydrogen) atoms. The van der Waals surface area contributed by atoms with Crippen LogP contribution in [0.15, 0.2) is 16.8 Å². The number of hydrogen-bond acceptors (Lipinski definition) is 6. The Hall–Kier alpha value is -1.28. The third kappa shape index (κ3) is 3.16. The van der Waals surface area contributed by atoms with Crippen molar-refractivity contribution < 1.29 is 14.6 Å². The number of nitrogens with zero attached hydrogens (tertiary/aromatic N) is 2. The zero-order valence-corrected chi connectivity index (χ0v) is 13.2. The number of carbonyl (C=O) groups is 1. The van der Waals surface area contributed by atoms with Gasteiger partial charge in [0.2, 0.25) is 0 Å². The monoisotopic (exact) mass is 324 g/mol. The van der Waals surface area contributed by atoms with Crippen LogP contribution in [0.5, 0.6) is 0 Å². The minimum atomic E-state index is -0.901. The second kappa shape index (κ2) is 6.23. The zero-order chi connectivity index (χ0) is 14.8. The minimum absolute atomic E-state index is 0.0244. The maximum absolute atomic E-state index is 10.9. The Balaban J connectivity index is 1.77. The van der Waals surface area contributed by atoms with E-state index < -0.39 is 5.97 Å². The SMILES string of the molecule is CCN1CCOC(c2nc(-c3cc(C(=O)O)cs3)cs2)C1. The first-order valence-electron chi connectivity index (χ1n) is 6.79. The fourth-order valence-corrected chi connectivity index (χ4v) is 4.05. The summed E-state index contributed by atoms with van der Waals surface area (Å²) in [7, 11) is 0. The number of morpholine rings is 1. The molecule has 1 saturated heterocycles. The highest BCUT2D eigenvalue weighted by Gasteiger charge is 2.24. The summed E-state index contributed by atoms with van der Waals surface area (Å²) in [6.07, 6.45) is 0.0244. The highest BCUT2D eigenvalue weighted by molar-refractivity contribution is 7.14. The molecule has 2 aromatic heterocycles. The summed E-state index contributed by atoms with van der Waals surface area (Å²) in [5.41, 5.74) is 1.15. The number of aromatic carboxylic acids is 1. The van der Waals surface area contributed by atoms with Crippen LogP contribution in [-0.2, 0) is 4.74 Å². The number of hydrogen-bond donors (Lipinski definition) is 1. The molecule has 0 spiro atoms. The van der Waals surface area contributed by atoms with E-state index in [0.717, 1.165) is 41.8 Å². The lowest BCUT2D eigenvalue weighted by atomic mass is 10.2. The van der Waals surface area contributed by atoms with Gasteiger partial charge in [0.05, 0.1) is 22.7 Å². The van der Waals surface area contributed by atoms with Crippen molar-refractivity contribution in [2.75, 3.05) is 26.2 Å². The molecule has 1 atom stereocenters. The van der Waals surface area contributed by atoms with E-state index in [9.17, 15) is 4.79 Å². The summed E-state index contributed by atoms with van der Waals surface area (Å²) in [5.74, 6) is -0.901. The smallest absolute Gasteiger partial charge is 0.336 e. The molecule has 1 N–H and O–H groups in total. The summed E-state index contributed by atoms with van der Waals surface area (Å²) in [6, 6.07) is 1.67. The van der Waals surface area contributed by atoms with E-state index in [-0.39, 0.29) is 6.10 Å². The fourth-order valence-electron chi connectivity index (χ4n) is 2.27. The normalized spacial score (nSPS) is 19.8. The van der Waals surface area contributed by atoms with Gasteiger partial charge in [-0.25, -0.2) is 9.78 Å². The minimum Gasteiger partial charge on any atom is -0.478 e. The summed E-state index contributed by atoms with van der Waals surface area (Å²) in [4.78, 5) is 18.8. The molecule has 1 aliphatic heterocycles. The van der Waals surface area contributed by atoms with E-state index in [2.05, 4.69) is 16.8 Å². The molecule has 1 aliphatic rings. The molecule has 0 aromatic carbocycles. The number of thiazole rings is 1. The van der Waals surface area contributed by atoms with E-state index in [0.29, 0.717) is 5.56 Å². The van der Waals surface area contributed by atoms with Gasteiger partial charge in [-0.1, -0.05) is 6.92 Å². The Labute approximate surface area is 130 Å². The van der Waals surface area contributed by atoms with E-state index in [1.54, 1.807) is 22.8 Å². The first-order valence-corrected chi connectivity index (χ1v) is 8.55. The van der Waals surface area contributed by atoms with Crippen molar-refractivity contribution >= 4 is 28.6 Å². The molecular formula is C14H16N2O3S2. The summed E-state index contributed by atoms with van der Waals surface area (Å²) in [6.45, 7) is 5.74. The Morgan fingerprint density at radius 3 is 3.10 bits per heavy atom. The molecule has 3 rings (SSSR count). The predicted molar refractivity (Wildman–Crippen MR) is 83.2 cm³/mol. The molecule has 0 aliphatic carbocycles. The van der Waals surface area contributed by atoms with Crippen LogP contribution in [0.4, 0.5) is 0 Å². The third-order valence-electron chi connectivity index (χ3n) is 3.49. The van der Waals surface area contributed by atoms with Crippen LogP contribution in [-0.4, -0.2) is 47.2 Å². The second-order valence-electron chi connectivity index (χ2n) is 4.83. The van der Waals surface area contributed by atoms with Gasteiger partial charge >= 0.3 is 5.97 Å². The molecular weight excluding hydrogens is 308 g/mol. The molecule has 112 valence electrons. The van der Waals surface area contributed by atoms with Gasteiger partial charge in [0.1, 0.15) is 11.1 Å². The van der Waals surface area contributed by atoms with Crippen LogP contribution >= 0.6 is 22.7 Å². The van der Waals surface area contributed by atoms with Crippen LogP contribution in [0, 0.1) is 0 Å². The van der Waals surface area contributed by atoms with Gasteiger partial charge in [-0.2, -0.15) is 0 Å². The van der Waals surface area contributed by atoms with Gasteiger partial charge in [-0.15, -0.1) is 22.7 Å². The maximum Gasteiger partial charge on any atom is 0.336 e. The van der Waals surface area contributed by atoms with Gasteiger partial charge in [0.15, 0.2) is 0 Å². The van der Waals surface area contributed by atoms with E-state index in [4.69, 9.17) is 9.84 Å². The molecule has 0 radical (unpaired) electrons. The number of thiophene rings is 1. The maximum atomic E-state index is 10.9. The first kappa shape index (κ1) is 14.6. The molecule has 7 heteroatoms. The number of rotatable bonds is 4. The molecule has 0 amide bonds. The lowest BCUT2D eigenvalue weighted by Gasteiger charge is -2.30. The van der Waals surface area contributed by atoms with Crippen LogP contribution in [0.2, 0.25) is 0 Å². The highest BCUT2D eigenvalue weighted by atomic mass is 32.1. The van der Waals surface area contributed by atoms with Gasteiger partial charge in [0, 0.05) is 23.8 Å². The average Bonchev–Trinajstić information content (AvgIpc) is 3.16. The average molecular weight is 324 g/mol. The highest BCUT2D eigenvalue weighted by Crippen LogP contribution is 2.32. The molecule has 3 heterocycles. The van der Waals surface area contributed by atoms with Crippen molar-refractivity contribution in [2.45, 2.75) is 13.0 Å². The number of ether oxygens (including phenoxy) is 1. The standard InChI is InChI=1S/C14H16N2O3S2/c1-2-16-3-4-19-11(6-16)13-15-10(8-21-13)12-5-9(7-20-12)14(17)18/h5,7-8,11H,2-4,6H2,1H3,(H,17,18). The van der Waals surface area contributed by atoms with E-state index >= 15 is 0 Å². The lowest BCUT2D eigenvalue weighted by molar-refractivity contribution is -0.0282. The first-order chi connectivity index (χ1) is 10.2. The van der Waals surface area contributed by atoms with Gasteiger partial charge in [0.25, 0.3) is 0 Å². The van der Waals surface area contributed by atoms with Crippen molar-refractivity contribution in [1.82, 2.24) is 9.88 Å². The van der Waals surface area contributed by atoms with Crippen molar-refractivity contribution in [2.24, 2.45) is 0 Å². The third-order valence-corrected chi connectivity index (χ3v) is 5.38. The van der Waals surface area contributed by atoms with Crippen LogP contribution < -0.4 is 0 Å². The van der Waals surface area contributed by atoms with Crippen molar-refractivity contribution in [3.05, 3.63) is 27.4 Å². The van der Waals surface area contributed by atoms with Crippen molar-refractivity contribution in [3.63, 3.8) is 0 Å².